The second-order valence-electron chi connectivity index (χ2n) is 5.00. The Morgan fingerprint density at radius 3 is 2.65 bits per heavy atom. The first kappa shape index (κ1) is 15.0. The van der Waals surface area contributed by atoms with E-state index >= 15 is 0 Å². The fourth-order valence-corrected chi connectivity index (χ4v) is 2.48. The van der Waals surface area contributed by atoms with Crippen molar-refractivity contribution in [1.29, 1.82) is 0 Å². The van der Waals surface area contributed by atoms with Crippen LogP contribution in [-0.2, 0) is 6.54 Å². The van der Waals surface area contributed by atoms with Crippen LogP contribution >= 0.6 is 11.6 Å². The van der Waals surface area contributed by atoms with Crippen LogP contribution in [0.4, 0.5) is 4.39 Å². The molecular formula is C17H19ClFN. The topological polar surface area (TPSA) is 12.0 Å². The molecule has 0 radical (unpaired) electrons. The van der Waals surface area contributed by atoms with Gasteiger partial charge < -0.3 is 5.32 Å². The smallest absolute Gasteiger partial charge is 0.124 e. The second-order valence-corrected chi connectivity index (χ2v) is 5.43. The molecule has 0 aliphatic heterocycles. The van der Waals surface area contributed by atoms with Crippen LogP contribution in [-0.4, -0.2) is 6.54 Å². The van der Waals surface area contributed by atoms with Gasteiger partial charge in [0.25, 0.3) is 0 Å². The Morgan fingerprint density at radius 1 is 1.15 bits per heavy atom. The molecule has 0 atom stereocenters. The lowest BCUT2D eigenvalue weighted by Crippen LogP contribution is -2.14. The van der Waals surface area contributed by atoms with Gasteiger partial charge in [-0.3, -0.25) is 0 Å². The van der Waals surface area contributed by atoms with Gasteiger partial charge in [0, 0.05) is 11.6 Å². The normalized spacial score (nSPS) is 10.8. The van der Waals surface area contributed by atoms with Gasteiger partial charge in [0.1, 0.15) is 5.82 Å². The van der Waals surface area contributed by atoms with Crippen LogP contribution in [0.5, 0.6) is 0 Å². The Kier molecular flexibility index (Phi) is 5.16. The lowest BCUT2D eigenvalue weighted by molar-refractivity contribution is 0.627. The molecule has 1 nitrogen and oxygen atoms in total. The first-order valence-corrected chi connectivity index (χ1v) is 7.24. The van der Waals surface area contributed by atoms with Crippen LogP contribution in [0.25, 0.3) is 11.1 Å². The third-order valence-corrected chi connectivity index (χ3v) is 3.40. The van der Waals surface area contributed by atoms with E-state index in [-0.39, 0.29) is 5.82 Å². The first-order valence-electron chi connectivity index (χ1n) is 6.87. The molecule has 106 valence electrons. The van der Waals surface area contributed by atoms with E-state index in [2.05, 4.69) is 12.2 Å². The average Bonchev–Trinajstić information content (AvgIpc) is 2.38. The lowest BCUT2D eigenvalue weighted by Gasteiger charge is -2.12. The molecular weight excluding hydrogens is 273 g/mol. The Labute approximate surface area is 124 Å². The molecule has 0 aromatic heterocycles. The zero-order valence-corrected chi connectivity index (χ0v) is 12.6. The zero-order valence-electron chi connectivity index (χ0n) is 11.8. The Bertz CT molecular complexity index is 575. The molecule has 0 saturated carbocycles. The third kappa shape index (κ3) is 3.81. The van der Waals surface area contributed by atoms with Crippen LogP contribution in [0, 0.1) is 12.7 Å². The van der Waals surface area contributed by atoms with Gasteiger partial charge >= 0.3 is 0 Å². The maximum atomic E-state index is 13.6. The van der Waals surface area contributed by atoms with Crippen molar-refractivity contribution in [3.05, 3.63) is 58.4 Å². The van der Waals surface area contributed by atoms with Crippen molar-refractivity contribution in [3.8, 4) is 11.1 Å². The summed E-state index contributed by atoms with van der Waals surface area (Å²) in [6.07, 6.45) is 1.08. The summed E-state index contributed by atoms with van der Waals surface area (Å²) in [5.41, 5.74) is 3.94. The summed E-state index contributed by atoms with van der Waals surface area (Å²) < 4.78 is 13.6. The van der Waals surface area contributed by atoms with Gasteiger partial charge in [0.2, 0.25) is 0 Å². The van der Waals surface area contributed by atoms with Crippen LogP contribution in [0.3, 0.4) is 0 Å². The van der Waals surface area contributed by atoms with Crippen molar-refractivity contribution < 1.29 is 4.39 Å². The molecule has 0 amide bonds. The van der Waals surface area contributed by atoms with Crippen LogP contribution in [0.15, 0.2) is 36.4 Å². The number of hydrogen-bond donors (Lipinski definition) is 1. The molecule has 3 heteroatoms. The average molecular weight is 292 g/mol. The molecule has 0 aliphatic carbocycles. The van der Waals surface area contributed by atoms with Gasteiger partial charge in [-0.05, 0) is 66.4 Å². The number of nitrogens with one attached hydrogen (secondary N) is 1. The highest BCUT2D eigenvalue weighted by atomic mass is 35.5. The molecule has 0 aliphatic rings. The summed E-state index contributed by atoms with van der Waals surface area (Å²) in [6, 6.07) is 10.9. The van der Waals surface area contributed by atoms with Crippen molar-refractivity contribution in [2.45, 2.75) is 26.8 Å². The summed E-state index contributed by atoms with van der Waals surface area (Å²) >= 11 is 6.08. The Morgan fingerprint density at radius 2 is 1.95 bits per heavy atom. The summed E-state index contributed by atoms with van der Waals surface area (Å²) in [4.78, 5) is 0. The SMILES string of the molecule is CCCNCc1cc(Cl)ccc1-c1cc(C)cc(F)c1. The van der Waals surface area contributed by atoms with Crippen molar-refractivity contribution >= 4 is 11.6 Å². The number of hydrogen-bond acceptors (Lipinski definition) is 1. The van der Waals surface area contributed by atoms with Gasteiger partial charge in [-0.15, -0.1) is 0 Å². The molecule has 0 saturated heterocycles. The molecule has 0 bridgehead atoms. The van der Waals surface area contributed by atoms with Gasteiger partial charge in [-0.1, -0.05) is 30.7 Å². The predicted octanol–water partition coefficient (Wildman–Crippen LogP) is 4.95. The quantitative estimate of drug-likeness (QED) is 0.768. The highest BCUT2D eigenvalue weighted by Crippen LogP contribution is 2.28. The van der Waals surface area contributed by atoms with Crippen molar-refractivity contribution in [1.82, 2.24) is 5.32 Å². The molecule has 2 aromatic carbocycles. The first-order chi connectivity index (χ1) is 9.60. The van der Waals surface area contributed by atoms with E-state index in [1.54, 1.807) is 6.07 Å². The fourth-order valence-electron chi connectivity index (χ4n) is 2.28. The lowest BCUT2D eigenvalue weighted by atomic mass is 9.98. The van der Waals surface area contributed by atoms with E-state index < -0.39 is 0 Å². The molecule has 0 heterocycles. The molecule has 2 aromatic rings. The summed E-state index contributed by atoms with van der Waals surface area (Å²) in [5, 5.41) is 4.07. The monoisotopic (exact) mass is 291 g/mol. The van der Waals surface area contributed by atoms with E-state index in [4.69, 9.17) is 11.6 Å². The summed E-state index contributed by atoms with van der Waals surface area (Å²) in [5.74, 6) is -0.206. The summed E-state index contributed by atoms with van der Waals surface area (Å²) in [7, 11) is 0. The highest BCUT2D eigenvalue weighted by molar-refractivity contribution is 6.30. The van der Waals surface area contributed by atoms with Crippen molar-refractivity contribution in [2.24, 2.45) is 0 Å². The molecule has 1 N–H and O–H groups in total. The minimum atomic E-state index is -0.206. The third-order valence-electron chi connectivity index (χ3n) is 3.16. The molecule has 0 unspecified atom stereocenters. The Balaban J connectivity index is 2.39. The van der Waals surface area contributed by atoms with Crippen molar-refractivity contribution in [3.63, 3.8) is 0 Å². The molecule has 2 rings (SSSR count). The van der Waals surface area contributed by atoms with E-state index in [1.807, 2.05) is 31.2 Å². The molecule has 0 spiro atoms. The predicted molar refractivity (Wildman–Crippen MR) is 83.6 cm³/mol. The highest BCUT2D eigenvalue weighted by Gasteiger charge is 2.08. The van der Waals surface area contributed by atoms with E-state index in [1.165, 1.54) is 6.07 Å². The largest absolute Gasteiger partial charge is 0.313 e. The van der Waals surface area contributed by atoms with Crippen LogP contribution in [0.1, 0.15) is 24.5 Å². The number of aryl methyl sites for hydroxylation is 1. The summed E-state index contributed by atoms with van der Waals surface area (Å²) in [6.45, 7) is 5.72. The maximum absolute atomic E-state index is 13.6. The van der Waals surface area contributed by atoms with Gasteiger partial charge in [0.05, 0.1) is 0 Å². The van der Waals surface area contributed by atoms with E-state index in [0.29, 0.717) is 5.02 Å². The number of rotatable bonds is 5. The van der Waals surface area contributed by atoms with E-state index in [9.17, 15) is 4.39 Å². The minimum Gasteiger partial charge on any atom is -0.313 e. The molecule has 0 fully saturated rings. The Hall–Kier alpha value is -1.38. The van der Waals surface area contributed by atoms with Crippen LogP contribution < -0.4 is 5.32 Å². The maximum Gasteiger partial charge on any atom is 0.124 e. The van der Waals surface area contributed by atoms with Crippen molar-refractivity contribution in [2.75, 3.05) is 6.54 Å². The van der Waals surface area contributed by atoms with Gasteiger partial charge in [0.15, 0.2) is 0 Å². The second kappa shape index (κ2) is 6.87. The minimum absolute atomic E-state index is 0.206. The standard InChI is InChI=1S/C17H19ClFN/c1-3-6-20-11-14-9-15(18)4-5-17(14)13-7-12(2)8-16(19)10-13/h4-5,7-10,20H,3,6,11H2,1-2H3. The van der Waals surface area contributed by atoms with Gasteiger partial charge in [-0.2, -0.15) is 0 Å². The van der Waals surface area contributed by atoms with E-state index in [0.717, 1.165) is 41.8 Å². The van der Waals surface area contributed by atoms with Crippen LogP contribution in [0.2, 0.25) is 5.02 Å². The molecule has 20 heavy (non-hydrogen) atoms. The fraction of sp³-hybridized carbons (Fsp3) is 0.294. The zero-order chi connectivity index (χ0) is 14.5. The van der Waals surface area contributed by atoms with Gasteiger partial charge in [-0.25, -0.2) is 4.39 Å². The number of benzene rings is 2. The number of halogens is 2.